The summed E-state index contributed by atoms with van der Waals surface area (Å²) in [4.78, 5) is 28.2. The first-order valence-corrected chi connectivity index (χ1v) is 7.67. The van der Waals surface area contributed by atoms with Gasteiger partial charge in [0, 0.05) is 11.3 Å². The SMILES string of the molecule is O=C(O)c1cccc(NC(=O)c2scnc2-c2ccccc2)c1. The van der Waals surface area contributed by atoms with Crippen LogP contribution < -0.4 is 5.32 Å². The van der Waals surface area contributed by atoms with Gasteiger partial charge in [0.15, 0.2) is 0 Å². The van der Waals surface area contributed by atoms with Gasteiger partial charge in [-0.05, 0) is 18.2 Å². The zero-order chi connectivity index (χ0) is 16.2. The number of carboxylic acids is 1. The number of rotatable bonds is 4. The average molecular weight is 324 g/mol. The van der Waals surface area contributed by atoms with Gasteiger partial charge in [0.05, 0.1) is 16.8 Å². The largest absolute Gasteiger partial charge is 0.478 e. The molecule has 0 saturated heterocycles. The minimum absolute atomic E-state index is 0.121. The van der Waals surface area contributed by atoms with Gasteiger partial charge in [-0.1, -0.05) is 36.4 Å². The maximum absolute atomic E-state index is 12.5. The Bertz CT molecular complexity index is 859. The molecule has 0 aliphatic heterocycles. The fourth-order valence-corrected chi connectivity index (χ4v) is 2.83. The van der Waals surface area contributed by atoms with Crippen molar-refractivity contribution in [2.45, 2.75) is 0 Å². The second-order valence-electron chi connectivity index (χ2n) is 4.74. The summed E-state index contributed by atoms with van der Waals surface area (Å²) in [6.45, 7) is 0. The third-order valence-corrected chi connectivity index (χ3v) is 4.01. The molecule has 0 atom stereocenters. The maximum atomic E-state index is 12.5. The molecule has 6 heteroatoms. The molecule has 0 radical (unpaired) electrons. The molecular formula is C17H12N2O3S. The Hall–Kier alpha value is -2.99. The number of hydrogen-bond acceptors (Lipinski definition) is 4. The lowest BCUT2D eigenvalue weighted by molar-refractivity contribution is 0.0696. The molecule has 3 aromatic rings. The summed E-state index contributed by atoms with van der Waals surface area (Å²) in [5, 5.41) is 11.7. The minimum Gasteiger partial charge on any atom is -0.478 e. The molecule has 0 bridgehead atoms. The van der Waals surface area contributed by atoms with E-state index in [4.69, 9.17) is 5.11 Å². The molecule has 2 aromatic carbocycles. The molecule has 1 heterocycles. The number of carboxylic acid groups (broad SMARTS) is 1. The normalized spacial score (nSPS) is 10.3. The summed E-state index contributed by atoms with van der Waals surface area (Å²) in [7, 11) is 0. The first-order valence-electron chi connectivity index (χ1n) is 6.79. The van der Waals surface area contributed by atoms with Gasteiger partial charge in [0.1, 0.15) is 4.88 Å². The van der Waals surface area contributed by atoms with E-state index in [0.29, 0.717) is 16.3 Å². The van der Waals surface area contributed by atoms with Gasteiger partial charge in [-0.25, -0.2) is 9.78 Å². The number of nitrogens with zero attached hydrogens (tertiary/aromatic N) is 1. The molecule has 0 spiro atoms. The topological polar surface area (TPSA) is 79.3 Å². The van der Waals surface area contributed by atoms with Crippen LogP contribution in [-0.4, -0.2) is 22.0 Å². The third kappa shape index (κ3) is 3.27. The van der Waals surface area contributed by atoms with E-state index >= 15 is 0 Å². The average Bonchev–Trinajstić information content (AvgIpc) is 3.05. The molecule has 1 amide bonds. The van der Waals surface area contributed by atoms with Crippen molar-refractivity contribution in [3.05, 3.63) is 70.5 Å². The van der Waals surface area contributed by atoms with E-state index in [-0.39, 0.29) is 11.5 Å². The Morgan fingerprint density at radius 3 is 2.57 bits per heavy atom. The number of aromatic carboxylic acids is 1. The van der Waals surface area contributed by atoms with Gasteiger partial charge < -0.3 is 10.4 Å². The molecule has 23 heavy (non-hydrogen) atoms. The molecule has 2 N–H and O–H groups in total. The van der Waals surface area contributed by atoms with Gasteiger partial charge in [-0.2, -0.15) is 0 Å². The molecule has 0 unspecified atom stereocenters. The Morgan fingerprint density at radius 1 is 1.04 bits per heavy atom. The summed E-state index contributed by atoms with van der Waals surface area (Å²) >= 11 is 1.24. The van der Waals surface area contributed by atoms with Crippen LogP contribution in [0.4, 0.5) is 5.69 Å². The highest BCUT2D eigenvalue weighted by atomic mass is 32.1. The third-order valence-electron chi connectivity index (χ3n) is 3.19. The van der Waals surface area contributed by atoms with Crippen molar-refractivity contribution >= 4 is 28.9 Å². The second kappa shape index (κ2) is 6.41. The number of hydrogen-bond donors (Lipinski definition) is 2. The van der Waals surface area contributed by atoms with E-state index in [1.807, 2.05) is 30.3 Å². The van der Waals surface area contributed by atoms with Crippen LogP contribution >= 0.6 is 11.3 Å². The fourth-order valence-electron chi connectivity index (χ4n) is 2.13. The number of amides is 1. The highest BCUT2D eigenvalue weighted by molar-refractivity contribution is 7.12. The lowest BCUT2D eigenvalue weighted by Gasteiger charge is -2.06. The Balaban J connectivity index is 1.87. The Morgan fingerprint density at radius 2 is 1.83 bits per heavy atom. The van der Waals surface area contributed by atoms with E-state index < -0.39 is 5.97 Å². The second-order valence-corrected chi connectivity index (χ2v) is 5.59. The first kappa shape index (κ1) is 14.9. The van der Waals surface area contributed by atoms with Crippen molar-refractivity contribution in [3.8, 4) is 11.3 Å². The lowest BCUT2D eigenvalue weighted by atomic mass is 10.1. The molecule has 0 fully saturated rings. The molecule has 0 aliphatic carbocycles. The number of thiazole rings is 1. The molecular weight excluding hydrogens is 312 g/mol. The van der Waals surface area contributed by atoms with Gasteiger partial charge in [-0.3, -0.25) is 4.79 Å². The van der Waals surface area contributed by atoms with Crippen molar-refractivity contribution in [1.29, 1.82) is 0 Å². The standard InChI is InChI=1S/C17H12N2O3S/c20-16(19-13-8-4-7-12(9-13)17(21)22)15-14(18-10-23-15)11-5-2-1-3-6-11/h1-10H,(H,19,20)(H,21,22). The van der Waals surface area contributed by atoms with E-state index in [9.17, 15) is 9.59 Å². The van der Waals surface area contributed by atoms with E-state index in [1.165, 1.54) is 23.5 Å². The number of benzene rings is 2. The summed E-state index contributed by atoms with van der Waals surface area (Å²) in [6, 6.07) is 15.6. The van der Waals surface area contributed by atoms with E-state index in [2.05, 4.69) is 10.3 Å². The molecule has 114 valence electrons. The van der Waals surface area contributed by atoms with Crippen LogP contribution in [0.3, 0.4) is 0 Å². The number of anilines is 1. The summed E-state index contributed by atoms with van der Waals surface area (Å²) in [5.41, 5.74) is 3.64. The van der Waals surface area contributed by atoms with E-state index in [1.54, 1.807) is 17.6 Å². The number of carbonyl (C=O) groups excluding carboxylic acids is 1. The summed E-state index contributed by atoms with van der Waals surface area (Å²) in [5.74, 6) is -1.35. The van der Waals surface area contributed by atoms with Crippen LogP contribution in [0.1, 0.15) is 20.0 Å². The highest BCUT2D eigenvalue weighted by Gasteiger charge is 2.16. The van der Waals surface area contributed by atoms with Crippen LogP contribution in [0.5, 0.6) is 0 Å². The summed E-state index contributed by atoms with van der Waals surface area (Å²) in [6.07, 6.45) is 0. The van der Waals surface area contributed by atoms with Crippen LogP contribution in [0.2, 0.25) is 0 Å². The molecule has 3 rings (SSSR count). The summed E-state index contributed by atoms with van der Waals surface area (Å²) < 4.78 is 0. The monoisotopic (exact) mass is 324 g/mol. The highest BCUT2D eigenvalue weighted by Crippen LogP contribution is 2.26. The number of nitrogens with one attached hydrogen (secondary N) is 1. The van der Waals surface area contributed by atoms with Crippen LogP contribution in [0.25, 0.3) is 11.3 Å². The maximum Gasteiger partial charge on any atom is 0.335 e. The zero-order valence-electron chi connectivity index (χ0n) is 11.9. The van der Waals surface area contributed by atoms with Gasteiger partial charge in [0.25, 0.3) is 5.91 Å². The predicted octanol–water partition coefficient (Wildman–Crippen LogP) is 3.76. The quantitative estimate of drug-likeness (QED) is 0.766. The van der Waals surface area contributed by atoms with Gasteiger partial charge >= 0.3 is 5.97 Å². The molecule has 0 aliphatic rings. The zero-order valence-corrected chi connectivity index (χ0v) is 12.7. The fraction of sp³-hybridized carbons (Fsp3) is 0. The van der Waals surface area contributed by atoms with Crippen molar-refractivity contribution in [1.82, 2.24) is 4.98 Å². The van der Waals surface area contributed by atoms with Crippen LogP contribution in [-0.2, 0) is 0 Å². The van der Waals surface area contributed by atoms with E-state index in [0.717, 1.165) is 5.56 Å². The predicted molar refractivity (Wildman–Crippen MR) is 88.9 cm³/mol. The van der Waals surface area contributed by atoms with Crippen LogP contribution in [0.15, 0.2) is 60.1 Å². The molecule has 0 saturated carbocycles. The van der Waals surface area contributed by atoms with Gasteiger partial charge in [-0.15, -0.1) is 11.3 Å². The molecule has 1 aromatic heterocycles. The lowest BCUT2D eigenvalue weighted by Crippen LogP contribution is -2.12. The smallest absolute Gasteiger partial charge is 0.335 e. The number of aromatic nitrogens is 1. The van der Waals surface area contributed by atoms with Crippen LogP contribution in [0, 0.1) is 0 Å². The molecule has 5 nitrogen and oxygen atoms in total. The first-order chi connectivity index (χ1) is 11.1. The van der Waals surface area contributed by atoms with Gasteiger partial charge in [0.2, 0.25) is 0 Å². The van der Waals surface area contributed by atoms with Crippen molar-refractivity contribution in [2.75, 3.05) is 5.32 Å². The Labute approximate surface area is 136 Å². The van der Waals surface area contributed by atoms with Crippen molar-refractivity contribution in [3.63, 3.8) is 0 Å². The van der Waals surface area contributed by atoms with Crippen molar-refractivity contribution in [2.24, 2.45) is 0 Å². The Kier molecular flexibility index (Phi) is 4.16. The number of carbonyl (C=O) groups is 2. The minimum atomic E-state index is -1.04. The van der Waals surface area contributed by atoms with Crippen molar-refractivity contribution < 1.29 is 14.7 Å².